The van der Waals surface area contributed by atoms with Gasteiger partial charge in [0.15, 0.2) is 0 Å². The predicted molar refractivity (Wildman–Crippen MR) is 72.3 cm³/mol. The summed E-state index contributed by atoms with van der Waals surface area (Å²) in [4.78, 5) is 15.1. The molecule has 0 saturated carbocycles. The van der Waals surface area contributed by atoms with Crippen molar-refractivity contribution < 1.29 is 14.6 Å². The van der Waals surface area contributed by atoms with Crippen LogP contribution in [-0.2, 0) is 4.79 Å². The van der Waals surface area contributed by atoms with Crippen LogP contribution in [0.1, 0.15) is 17.9 Å². The maximum absolute atomic E-state index is 10.8. The molecule has 1 heterocycles. The Labute approximate surface area is 111 Å². The van der Waals surface area contributed by atoms with Gasteiger partial charge in [-0.3, -0.25) is 9.78 Å². The fourth-order valence-corrected chi connectivity index (χ4v) is 2.02. The molecular weight excluding hydrogens is 244 g/mol. The molecule has 19 heavy (non-hydrogen) atoms. The molecule has 0 fully saturated rings. The quantitative estimate of drug-likeness (QED) is 0.855. The number of nitrogens with zero attached hydrogens (tertiary/aromatic N) is 1. The number of aliphatic carboxylic acids is 1. The van der Waals surface area contributed by atoms with Gasteiger partial charge in [0.05, 0.1) is 19.0 Å². The summed E-state index contributed by atoms with van der Waals surface area (Å²) in [5.74, 6) is -0.337. The summed E-state index contributed by atoms with van der Waals surface area (Å²) >= 11 is 0. The molecule has 3 N–H and O–H groups in total. The molecule has 0 aliphatic rings. The molecule has 0 radical (unpaired) electrons. The summed E-state index contributed by atoms with van der Waals surface area (Å²) in [5.41, 5.74) is 7.32. The van der Waals surface area contributed by atoms with Crippen molar-refractivity contribution >= 4 is 16.9 Å². The molecule has 5 nitrogen and oxygen atoms in total. The van der Waals surface area contributed by atoms with Gasteiger partial charge in [-0.1, -0.05) is 0 Å². The molecule has 2 rings (SSSR count). The first kappa shape index (κ1) is 13.3. The fraction of sp³-hybridized carbons (Fsp3) is 0.286. The van der Waals surface area contributed by atoms with Crippen LogP contribution in [0.3, 0.4) is 0 Å². The molecule has 0 aliphatic carbocycles. The second-order valence-corrected chi connectivity index (χ2v) is 4.36. The lowest BCUT2D eigenvalue weighted by Crippen LogP contribution is -2.16. The van der Waals surface area contributed by atoms with E-state index in [1.165, 1.54) is 0 Å². The number of ether oxygens (including phenoxy) is 1. The number of carboxylic acids is 1. The number of aromatic nitrogens is 1. The van der Waals surface area contributed by atoms with Crippen LogP contribution >= 0.6 is 0 Å². The number of nitrogens with two attached hydrogens (primary N) is 1. The largest absolute Gasteiger partial charge is 0.497 e. The van der Waals surface area contributed by atoms with Crippen LogP contribution in [0.5, 0.6) is 5.75 Å². The van der Waals surface area contributed by atoms with Crippen LogP contribution in [0.25, 0.3) is 10.9 Å². The third-order valence-electron chi connectivity index (χ3n) is 3.09. The van der Waals surface area contributed by atoms with E-state index in [2.05, 4.69) is 4.98 Å². The molecule has 1 atom stereocenters. The average Bonchev–Trinajstić information content (AvgIpc) is 2.43. The number of carbonyl (C=O) groups is 1. The van der Waals surface area contributed by atoms with Crippen molar-refractivity contribution in [2.45, 2.75) is 12.3 Å². The molecular formula is C14H16N2O3. The van der Waals surface area contributed by atoms with E-state index in [-0.39, 0.29) is 18.9 Å². The molecule has 100 valence electrons. The number of rotatable bonds is 5. The highest BCUT2D eigenvalue weighted by atomic mass is 16.5. The lowest BCUT2D eigenvalue weighted by molar-refractivity contribution is -0.137. The van der Waals surface area contributed by atoms with Gasteiger partial charge in [0.1, 0.15) is 5.75 Å². The first-order valence-electron chi connectivity index (χ1n) is 5.99. The number of methoxy groups -OCH3 is 1. The minimum absolute atomic E-state index is 0.00759. The molecule has 2 aromatic rings. The van der Waals surface area contributed by atoms with E-state index < -0.39 is 5.97 Å². The number of fused-ring (bicyclic) bond motifs is 1. The van der Waals surface area contributed by atoms with Gasteiger partial charge in [0, 0.05) is 17.5 Å². The Hall–Kier alpha value is -2.14. The number of benzene rings is 1. The van der Waals surface area contributed by atoms with Crippen LogP contribution in [0, 0.1) is 0 Å². The molecule has 0 spiro atoms. The molecule has 0 bridgehead atoms. The standard InChI is InChI=1S/C14H16N2O3/c1-19-12-2-3-13-9(5-12)4-11(8-16-13)10(7-15)6-14(17)18/h2-5,8,10H,6-7,15H2,1H3,(H,17,18). The molecule has 5 heteroatoms. The Balaban J connectivity index is 2.40. The Morgan fingerprint density at radius 3 is 2.89 bits per heavy atom. The van der Waals surface area contributed by atoms with Gasteiger partial charge in [-0.05, 0) is 36.4 Å². The topological polar surface area (TPSA) is 85.4 Å². The highest BCUT2D eigenvalue weighted by Crippen LogP contribution is 2.24. The molecule has 1 unspecified atom stereocenters. The van der Waals surface area contributed by atoms with Crippen molar-refractivity contribution in [2.75, 3.05) is 13.7 Å². The number of pyridine rings is 1. The highest BCUT2D eigenvalue weighted by Gasteiger charge is 2.14. The Morgan fingerprint density at radius 2 is 2.26 bits per heavy atom. The van der Waals surface area contributed by atoms with E-state index >= 15 is 0 Å². The molecule has 1 aromatic heterocycles. The first-order valence-corrected chi connectivity index (χ1v) is 5.99. The fourth-order valence-electron chi connectivity index (χ4n) is 2.02. The number of hydrogen-bond acceptors (Lipinski definition) is 4. The van der Waals surface area contributed by atoms with E-state index in [0.717, 1.165) is 22.2 Å². The molecule has 0 saturated heterocycles. The Bertz CT molecular complexity index is 598. The van der Waals surface area contributed by atoms with Gasteiger partial charge < -0.3 is 15.6 Å². The lowest BCUT2D eigenvalue weighted by atomic mass is 9.96. The maximum Gasteiger partial charge on any atom is 0.304 e. The van der Waals surface area contributed by atoms with Gasteiger partial charge in [0.2, 0.25) is 0 Å². The summed E-state index contributed by atoms with van der Waals surface area (Å²) < 4.78 is 5.17. The molecule has 0 aliphatic heterocycles. The minimum Gasteiger partial charge on any atom is -0.497 e. The van der Waals surface area contributed by atoms with Crippen LogP contribution < -0.4 is 10.5 Å². The highest BCUT2D eigenvalue weighted by molar-refractivity contribution is 5.81. The summed E-state index contributed by atoms with van der Waals surface area (Å²) in [6.07, 6.45) is 1.70. The summed E-state index contributed by atoms with van der Waals surface area (Å²) in [6.45, 7) is 0.281. The average molecular weight is 260 g/mol. The van der Waals surface area contributed by atoms with Crippen molar-refractivity contribution in [1.29, 1.82) is 0 Å². The van der Waals surface area contributed by atoms with Crippen molar-refractivity contribution in [3.8, 4) is 5.75 Å². The zero-order valence-electron chi connectivity index (χ0n) is 10.7. The van der Waals surface area contributed by atoms with Gasteiger partial charge in [-0.25, -0.2) is 0 Å². The Morgan fingerprint density at radius 1 is 1.47 bits per heavy atom. The van der Waals surface area contributed by atoms with Crippen molar-refractivity contribution in [1.82, 2.24) is 4.98 Å². The van der Waals surface area contributed by atoms with Gasteiger partial charge in [-0.15, -0.1) is 0 Å². The zero-order chi connectivity index (χ0) is 13.8. The predicted octanol–water partition coefficient (Wildman–Crippen LogP) is 1.76. The first-order chi connectivity index (χ1) is 9.13. The summed E-state index contributed by atoms with van der Waals surface area (Å²) in [6, 6.07) is 7.50. The smallest absolute Gasteiger partial charge is 0.304 e. The van der Waals surface area contributed by atoms with Crippen molar-refractivity contribution in [3.63, 3.8) is 0 Å². The second-order valence-electron chi connectivity index (χ2n) is 4.36. The molecule has 1 aromatic carbocycles. The van der Waals surface area contributed by atoms with Gasteiger partial charge in [0.25, 0.3) is 0 Å². The third-order valence-corrected chi connectivity index (χ3v) is 3.09. The zero-order valence-corrected chi connectivity index (χ0v) is 10.7. The summed E-state index contributed by atoms with van der Waals surface area (Å²) in [5, 5.41) is 9.79. The van der Waals surface area contributed by atoms with E-state index in [1.54, 1.807) is 13.3 Å². The second kappa shape index (κ2) is 5.67. The maximum atomic E-state index is 10.8. The van der Waals surface area contributed by atoms with Gasteiger partial charge >= 0.3 is 5.97 Å². The van der Waals surface area contributed by atoms with E-state index in [1.807, 2.05) is 24.3 Å². The van der Waals surface area contributed by atoms with E-state index in [4.69, 9.17) is 15.6 Å². The monoisotopic (exact) mass is 260 g/mol. The molecule has 0 amide bonds. The number of carboxylic acid groups (broad SMARTS) is 1. The minimum atomic E-state index is -0.860. The third kappa shape index (κ3) is 3.00. The van der Waals surface area contributed by atoms with Crippen molar-refractivity contribution in [2.24, 2.45) is 5.73 Å². The SMILES string of the molecule is COc1ccc2ncc(C(CN)CC(=O)O)cc2c1. The normalized spacial score (nSPS) is 12.3. The van der Waals surface area contributed by atoms with Crippen LogP contribution in [0.2, 0.25) is 0 Å². The lowest BCUT2D eigenvalue weighted by Gasteiger charge is -2.13. The van der Waals surface area contributed by atoms with E-state index in [0.29, 0.717) is 0 Å². The summed E-state index contributed by atoms with van der Waals surface area (Å²) in [7, 11) is 1.60. The Kier molecular flexibility index (Phi) is 3.97. The van der Waals surface area contributed by atoms with Gasteiger partial charge in [-0.2, -0.15) is 0 Å². The number of hydrogen-bond donors (Lipinski definition) is 2. The van der Waals surface area contributed by atoms with Crippen LogP contribution in [0.15, 0.2) is 30.5 Å². The van der Waals surface area contributed by atoms with E-state index in [9.17, 15) is 4.79 Å². The van der Waals surface area contributed by atoms with Crippen molar-refractivity contribution in [3.05, 3.63) is 36.0 Å². The van der Waals surface area contributed by atoms with Crippen LogP contribution in [-0.4, -0.2) is 29.7 Å². The van der Waals surface area contributed by atoms with Crippen LogP contribution in [0.4, 0.5) is 0 Å².